The molecule has 2 N–H and O–H groups in total. The molecule has 0 aromatic heterocycles. The highest BCUT2D eigenvalue weighted by molar-refractivity contribution is 6.05. The Morgan fingerprint density at radius 3 is 2.56 bits per heavy atom. The van der Waals surface area contributed by atoms with Gasteiger partial charge in [-0.2, -0.15) is 0 Å². The third kappa shape index (κ3) is 4.93. The molecule has 0 bridgehead atoms. The first-order valence-electron chi connectivity index (χ1n) is 13.5. The second-order valence-corrected chi connectivity index (χ2v) is 11.0. The fourth-order valence-electron chi connectivity index (χ4n) is 6.77. The average molecular weight is 466 g/mol. The largest absolute Gasteiger partial charge is 0.322 e. The van der Waals surface area contributed by atoms with Crippen LogP contribution in [-0.2, 0) is 22.6 Å². The summed E-state index contributed by atoms with van der Waals surface area (Å²) in [6, 6.07) is 6.98. The lowest BCUT2D eigenvalue weighted by Crippen LogP contribution is -2.52. The Morgan fingerprint density at radius 2 is 1.79 bits per heavy atom. The van der Waals surface area contributed by atoms with Crippen LogP contribution in [0.3, 0.4) is 0 Å². The van der Waals surface area contributed by atoms with Gasteiger partial charge in [-0.3, -0.25) is 19.7 Å². The topological polar surface area (TPSA) is 78.5 Å². The van der Waals surface area contributed by atoms with Crippen molar-refractivity contribution < 1.29 is 14.4 Å². The standard InChI is InChI=1S/C28H39N3O3/c1-2-18-7-10-22(11-8-18)29-24-6-4-3-5-20(24)15-19-9-12-23-21(16-19)17-31(28(23)34)25-13-14-26(32)30-27(25)33/h9,12,16,18,20,22,24-25,29H,2-8,10-11,13-15,17H2,1H3,(H,30,32,33)/t18-,20-,22-,24+,25?/m1/s1. The SMILES string of the molecule is CC[C@H]1CC[C@H](N[C@H]2CCCC[C@@H]2Cc2ccc3c(c2)CN(C2CCC(=O)NC2=O)C3=O)CC1. The van der Waals surface area contributed by atoms with E-state index in [0.717, 1.165) is 17.9 Å². The van der Waals surface area contributed by atoms with Crippen molar-refractivity contribution in [1.29, 1.82) is 0 Å². The minimum absolute atomic E-state index is 0.0871. The summed E-state index contributed by atoms with van der Waals surface area (Å²) in [7, 11) is 0. The van der Waals surface area contributed by atoms with Gasteiger partial charge in [0.2, 0.25) is 11.8 Å². The van der Waals surface area contributed by atoms with E-state index in [1.807, 2.05) is 6.07 Å². The maximum atomic E-state index is 13.0. The lowest BCUT2D eigenvalue weighted by Gasteiger charge is -2.38. The number of fused-ring (bicyclic) bond motifs is 1. The van der Waals surface area contributed by atoms with Crippen LogP contribution < -0.4 is 10.6 Å². The van der Waals surface area contributed by atoms with Crippen molar-refractivity contribution in [3.05, 3.63) is 34.9 Å². The van der Waals surface area contributed by atoms with E-state index < -0.39 is 6.04 Å². The zero-order valence-electron chi connectivity index (χ0n) is 20.5. The molecule has 0 radical (unpaired) electrons. The van der Waals surface area contributed by atoms with Crippen LogP contribution in [0.15, 0.2) is 18.2 Å². The van der Waals surface area contributed by atoms with Gasteiger partial charge in [0.1, 0.15) is 6.04 Å². The number of amides is 3. The van der Waals surface area contributed by atoms with Gasteiger partial charge in [0, 0.05) is 30.6 Å². The molecule has 3 fully saturated rings. The van der Waals surface area contributed by atoms with Crippen LogP contribution in [0.1, 0.15) is 99.0 Å². The number of carbonyl (C=O) groups excluding carboxylic acids is 3. The Morgan fingerprint density at radius 1 is 1.00 bits per heavy atom. The lowest BCUT2D eigenvalue weighted by atomic mass is 9.78. The molecule has 1 aromatic carbocycles. The summed E-state index contributed by atoms with van der Waals surface area (Å²) in [5.74, 6) is 0.882. The van der Waals surface area contributed by atoms with Crippen molar-refractivity contribution in [2.24, 2.45) is 11.8 Å². The summed E-state index contributed by atoms with van der Waals surface area (Å²) < 4.78 is 0. The second kappa shape index (κ2) is 10.2. The van der Waals surface area contributed by atoms with Crippen LogP contribution in [0, 0.1) is 11.8 Å². The summed E-state index contributed by atoms with van der Waals surface area (Å²) in [4.78, 5) is 38.5. The zero-order valence-corrected chi connectivity index (χ0v) is 20.5. The van der Waals surface area contributed by atoms with Crippen molar-refractivity contribution in [2.45, 2.75) is 109 Å². The number of benzene rings is 1. The number of nitrogens with one attached hydrogen (secondary N) is 2. The van der Waals surface area contributed by atoms with E-state index in [-0.39, 0.29) is 24.1 Å². The average Bonchev–Trinajstić information content (AvgIpc) is 3.16. The fraction of sp³-hybridized carbons (Fsp3) is 0.679. The first-order valence-corrected chi connectivity index (χ1v) is 13.5. The molecule has 0 spiro atoms. The van der Waals surface area contributed by atoms with E-state index in [0.29, 0.717) is 36.5 Å². The van der Waals surface area contributed by atoms with Crippen molar-refractivity contribution in [1.82, 2.24) is 15.5 Å². The van der Waals surface area contributed by atoms with Crippen LogP contribution in [0.25, 0.3) is 0 Å². The Balaban J connectivity index is 1.23. The molecular formula is C28H39N3O3. The van der Waals surface area contributed by atoms with Gasteiger partial charge in [0.05, 0.1) is 0 Å². The Labute approximate surface area is 203 Å². The number of piperidine rings is 1. The number of hydrogen-bond acceptors (Lipinski definition) is 4. The molecular weight excluding hydrogens is 426 g/mol. The smallest absolute Gasteiger partial charge is 0.255 e. The monoisotopic (exact) mass is 465 g/mol. The van der Waals surface area contributed by atoms with E-state index in [4.69, 9.17) is 0 Å². The number of nitrogens with zero attached hydrogens (tertiary/aromatic N) is 1. The maximum Gasteiger partial charge on any atom is 0.255 e. The Bertz CT molecular complexity index is 937. The molecule has 3 atom stereocenters. The second-order valence-electron chi connectivity index (χ2n) is 11.0. The van der Waals surface area contributed by atoms with Gasteiger partial charge < -0.3 is 10.2 Å². The van der Waals surface area contributed by atoms with E-state index >= 15 is 0 Å². The van der Waals surface area contributed by atoms with Crippen LogP contribution in [0.2, 0.25) is 0 Å². The van der Waals surface area contributed by atoms with E-state index in [9.17, 15) is 14.4 Å². The number of hydrogen-bond donors (Lipinski definition) is 2. The normalized spacial score (nSPS) is 32.0. The summed E-state index contributed by atoms with van der Waals surface area (Å²) in [6.45, 7) is 2.78. The molecule has 6 nitrogen and oxygen atoms in total. The molecule has 6 heteroatoms. The number of carbonyl (C=O) groups is 3. The molecule has 2 aliphatic carbocycles. The molecule has 1 saturated heterocycles. The van der Waals surface area contributed by atoms with Gasteiger partial charge >= 0.3 is 0 Å². The molecule has 1 unspecified atom stereocenters. The minimum atomic E-state index is -0.546. The fourth-order valence-corrected chi connectivity index (χ4v) is 6.77. The highest BCUT2D eigenvalue weighted by Gasteiger charge is 2.39. The van der Waals surface area contributed by atoms with Gasteiger partial charge in [-0.25, -0.2) is 0 Å². The molecule has 1 aromatic rings. The summed E-state index contributed by atoms with van der Waals surface area (Å²) >= 11 is 0. The lowest BCUT2D eigenvalue weighted by molar-refractivity contribution is -0.136. The van der Waals surface area contributed by atoms with E-state index in [1.165, 1.54) is 63.4 Å². The molecule has 2 saturated carbocycles. The van der Waals surface area contributed by atoms with Crippen LogP contribution in [-0.4, -0.2) is 40.7 Å². The maximum absolute atomic E-state index is 13.0. The molecule has 2 heterocycles. The minimum Gasteiger partial charge on any atom is -0.322 e. The number of rotatable bonds is 6. The molecule has 3 amide bonds. The quantitative estimate of drug-likeness (QED) is 0.620. The van der Waals surface area contributed by atoms with Crippen molar-refractivity contribution >= 4 is 17.7 Å². The molecule has 34 heavy (non-hydrogen) atoms. The summed E-state index contributed by atoms with van der Waals surface area (Å²) in [5.41, 5.74) is 3.02. The highest BCUT2D eigenvalue weighted by atomic mass is 16.2. The van der Waals surface area contributed by atoms with Gasteiger partial charge in [-0.15, -0.1) is 0 Å². The third-order valence-electron chi connectivity index (χ3n) is 8.87. The first kappa shape index (κ1) is 23.5. The van der Waals surface area contributed by atoms with Crippen molar-refractivity contribution in [2.75, 3.05) is 0 Å². The van der Waals surface area contributed by atoms with E-state index in [1.54, 1.807) is 4.90 Å². The number of imide groups is 1. The molecule has 184 valence electrons. The van der Waals surface area contributed by atoms with Crippen LogP contribution in [0.4, 0.5) is 0 Å². The van der Waals surface area contributed by atoms with Gasteiger partial charge in [0.25, 0.3) is 5.91 Å². The molecule has 4 aliphatic rings. The Kier molecular flexibility index (Phi) is 7.05. The summed E-state index contributed by atoms with van der Waals surface area (Å²) in [5, 5.41) is 6.44. The van der Waals surface area contributed by atoms with Crippen LogP contribution in [0.5, 0.6) is 0 Å². The third-order valence-corrected chi connectivity index (χ3v) is 8.87. The highest BCUT2D eigenvalue weighted by Crippen LogP contribution is 2.33. The van der Waals surface area contributed by atoms with Gasteiger partial charge in [-0.1, -0.05) is 38.3 Å². The van der Waals surface area contributed by atoms with Gasteiger partial charge in [-0.05, 0) is 80.4 Å². The van der Waals surface area contributed by atoms with Crippen molar-refractivity contribution in [3.8, 4) is 0 Å². The first-order chi connectivity index (χ1) is 16.5. The van der Waals surface area contributed by atoms with Crippen molar-refractivity contribution in [3.63, 3.8) is 0 Å². The predicted octanol–water partition coefficient (Wildman–Crippen LogP) is 4.11. The van der Waals surface area contributed by atoms with Crippen LogP contribution >= 0.6 is 0 Å². The predicted molar refractivity (Wildman–Crippen MR) is 131 cm³/mol. The Hall–Kier alpha value is -2.21. The van der Waals surface area contributed by atoms with Gasteiger partial charge in [0.15, 0.2) is 0 Å². The van der Waals surface area contributed by atoms with E-state index in [2.05, 4.69) is 29.7 Å². The summed E-state index contributed by atoms with van der Waals surface area (Å²) in [6.07, 6.45) is 13.6. The molecule has 2 aliphatic heterocycles. The molecule has 5 rings (SSSR count). The zero-order chi connectivity index (χ0) is 23.7.